The van der Waals surface area contributed by atoms with Gasteiger partial charge in [0.2, 0.25) is 5.89 Å². The number of hydrogen-bond acceptors (Lipinski definition) is 5. The second-order valence-corrected chi connectivity index (χ2v) is 6.65. The Bertz CT molecular complexity index is 688. The Morgan fingerprint density at radius 3 is 2.92 bits per heavy atom. The number of halogens is 1. The number of likely N-dealkylation sites (N-methyl/N-ethyl adjacent to an activating group) is 1. The van der Waals surface area contributed by atoms with E-state index in [1.807, 2.05) is 0 Å². The first-order valence-electron chi connectivity index (χ1n) is 8.43. The molecule has 2 fully saturated rings. The molecule has 4 rings (SSSR count). The summed E-state index contributed by atoms with van der Waals surface area (Å²) in [6, 6.07) is 6.62. The first-order chi connectivity index (χ1) is 11.7. The van der Waals surface area contributed by atoms with E-state index in [2.05, 4.69) is 21.8 Å². The molecule has 5 nitrogen and oxygen atoms in total. The number of aromatic nitrogens is 1. The first kappa shape index (κ1) is 15.7. The fraction of sp³-hybridized carbons (Fsp3) is 0.500. The van der Waals surface area contributed by atoms with Gasteiger partial charge in [-0.2, -0.15) is 0 Å². The van der Waals surface area contributed by atoms with Crippen LogP contribution in [0.4, 0.5) is 4.39 Å². The summed E-state index contributed by atoms with van der Waals surface area (Å²) in [7, 11) is 2.16. The van der Waals surface area contributed by atoms with Gasteiger partial charge in [-0.3, -0.25) is 4.90 Å². The van der Waals surface area contributed by atoms with Crippen LogP contribution >= 0.6 is 0 Å². The summed E-state index contributed by atoms with van der Waals surface area (Å²) in [4.78, 5) is 9.37. The van der Waals surface area contributed by atoms with Crippen LogP contribution in [0.2, 0.25) is 0 Å². The van der Waals surface area contributed by atoms with Crippen LogP contribution in [0.3, 0.4) is 0 Å². The molecule has 128 valence electrons. The Balaban J connectivity index is 1.48. The van der Waals surface area contributed by atoms with E-state index in [9.17, 15) is 4.39 Å². The molecular formula is C18H22FN3O2. The molecule has 2 aliphatic rings. The molecule has 3 heterocycles. The van der Waals surface area contributed by atoms with Gasteiger partial charge in [-0.15, -0.1) is 0 Å². The minimum atomic E-state index is -0.258. The minimum Gasteiger partial charge on any atom is -0.444 e. The van der Waals surface area contributed by atoms with Crippen molar-refractivity contribution >= 4 is 0 Å². The number of fused-ring (bicyclic) bond motifs is 1. The lowest BCUT2D eigenvalue weighted by atomic mass is 9.99. The third-order valence-corrected chi connectivity index (χ3v) is 4.91. The van der Waals surface area contributed by atoms with Crippen molar-refractivity contribution in [2.24, 2.45) is 0 Å². The number of likely N-dealkylation sites (tertiary alicyclic amines) is 1. The Hall–Kier alpha value is -1.76. The number of benzene rings is 1. The van der Waals surface area contributed by atoms with E-state index in [0.29, 0.717) is 18.0 Å². The molecule has 2 aromatic rings. The molecule has 0 spiro atoms. The highest BCUT2D eigenvalue weighted by atomic mass is 19.1. The molecule has 0 amide bonds. The molecule has 6 heteroatoms. The third kappa shape index (κ3) is 3.22. The van der Waals surface area contributed by atoms with E-state index >= 15 is 0 Å². The Morgan fingerprint density at radius 2 is 2.08 bits per heavy atom. The lowest BCUT2D eigenvalue weighted by Gasteiger charge is -2.46. The molecule has 2 saturated heterocycles. The van der Waals surface area contributed by atoms with Crippen LogP contribution in [-0.2, 0) is 11.3 Å². The molecule has 24 heavy (non-hydrogen) atoms. The predicted octanol–water partition coefficient (Wildman–Crippen LogP) is 2.39. The molecule has 0 bridgehead atoms. The van der Waals surface area contributed by atoms with Gasteiger partial charge in [0.1, 0.15) is 12.1 Å². The Morgan fingerprint density at radius 1 is 1.25 bits per heavy atom. The van der Waals surface area contributed by atoms with Crippen molar-refractivity contribution < 1.29 is 13.5 Å². The highest BCUT2D eigenvalue weighted by Gasteiger charge is 2.36. The molecule has 2 atom stereocenters. The SMILES string of the molecule is CN1CC[C@@H]2OCCN(Cc3coc(-c4ccc(F)cc4)n3)[C@H]2C1. The van der Waals surface area contributed by atoms with Gasteiger partial charge in [0, 0.05) is 37.8 Å². The summed E-state index contributed by atoms with van der Waals surface area (Å²) in [6.07, 6.45) is 3.10. The first-order valence-corrected chi connectivity index (χ1v) is 8.43. The largest absolute Gasteiger partial charge is 0.444 e. The average molecular weight is 331 g/mol. The number of rotatable bonds is 3. The summed E-state index contributed by atoms with van der Waals surface area (Å²) in [5, 5.41) is 0. The molecule has 1 aromatic heterocycles. The maximum atomic E-state index is 13.0. The Kier molecular flexibility index (Phi) is 4.35. The van der Waals surface area contributed by atoms with Crippen molar-refractivity contribution in [2.75, 3.05) is 33.3 Å². The number of piperidine rings is 1. The van der Waals surface area contributed by atoms with E-state index in [1.165, 1.54) is 12.1 Å². The van der Waals surface area contributed by atoms with Crippen molar-refractivity contribution in [1.29, 1.82) is 0 Å². The normalized spacial score (nSPS) is 25.6. The van der Waals surface area contributed by atoms with Crippen LogP contribution in [0, 0.1) is 5.82 Å². The molecule has 2 aliphatic heterocycles. The number of nitrogens with zero attached hydrogens (tertiary/aromatic N) is 3. The van der Waals surface area contributed by atoms with Crippen LogP contribution in [-0.4, -0.2) is 60.2 Å². The van der Waals surface area contributed by atoms with Gasteiger partial charge in [-0.05, 0) is 37.7 Å². The number of ether oxygens (including phenoxy) is 1. The van der Waals surface area contributed by atoms with E-state index in [0.717, 1.165) is 50.5 Å². The molecule has 0 saturated carbocycles. The zero-order valence-electron chi connectivity index (χ0n) is 13.8. The van der Waals surface area contributed by atoms with Crippen LogP contribution in [0.25, 0.3) is 11.5 Å². The second-order valence-electron chi connectivity index (χ2n) is 6.65. The average Bonchev–Trinajstić information content (AvgIpc) is 3.05. The number of hydrogen-bond donors (Lipinski definition) is 0. The van der Waals surface area contributed by atoms with Crippen LogP contribution < -0.4 is 0 Å². The summed E-state index contributed by atoms with van der Waals surface area (Å²) in [5.74, 6) is 0.280. The minimum absolute atomic E-state index is 0.258. The van der Waals surface area contributed by atoms with E-state index < -0.39 is 0 Å². The van der Waals surface area contributed by atoms with Crippen LogP contribution in [0.1, 0.15) is 12.1 Å². The van der Waals surface area contributed by atoms with E-state index in [4.69, 9.17) is 9.15 Å². The zero-order valence-corrected chi connectivity index (χ0v) is 13.8. The molecular weight excluding hydrogens is 309 g/mol. The van der Waals surface area contributed by atoms with Crippen LogP contribution in [0.15, 0.2) is 34.9 Å². The highest BCUT2D eigenvalue weighted by molar-refractivity contribution is 5.52. The van der Waals surface area contributed by atoms with Gasteiger partial charge in [0.15, 0.2) is 0 Å². The van der Waals surface area contributed by atoms with Gasteiger partial charge in [-0.1, -0.05) is 0 Å². The zero-order chi connectivity index (χ0) is 16.5. The van der Waals surface area contributed by atoms with Crippen LogP contribution in [0.5, 0.6) is 0 Å². The lowest BCUT2D eigenvalue weighted by Crippen LogP contribution is -2.58. The topological polar surface area (TPSA) is 41.7 Å². The second kappa shape index (κ2) is 6.63. The molecule has 0 N–H and O–H groups in total. The van der Waals surface area contributed by atoms with Crippen molar-refractivity contribution in [3.05, 3.63) is 42.0 Å². The van der Waals surface area contributed by atoms with Gasteiger partial charge in [0.05, 0.1) is 18.4 Å². The fourth-order valence-electron chi connectivity index (χ4n) is 3.61. The quantitative estimate of drug-likeness (QED) is 0.864. The molecule has 0 unspecified atom stereocenters. The molecule has 0 radical (unpaired) electrons. The van der Waals surface area contributed by atoms with Gasteiger partial charge in [-0.25, -0.2) is 9.37 Å². The number of oxazole rings is 1. The number of morpholine rings is 1. The van der Waals surface area contributed by atoms with Crippen molar-refractivity contribution in [3.8, 4) is 11.5 Å². The maximum absolute atomic E-state index is 13.0. The fourth-order valence-corrected chi connectivity index (χ4v) is 3.61. The smallest absolute Gasteiger partial charge is 0.226 e. The summed E-state index contributed by atoms with van der Waals surface area (Å²) in [6.45, 7) is 4.55. The summed E-state index contributed by atoms with van der Waals surface area (Å²) in [5.41, 5.74) is 1.70. The standard InChI is InChI=1S/C18H22FN3O2/c1-21-7-6-17-16(11-21)22(8-9-23-17)10-15-12-24-18(20-15)13-2-4-14(19)5-3-13/h2-5,12,16-17H,6-11H2,1H3/t16-,17-/m0/s1. The Labute approximate surface area is 141 Å². The summed E-state index contributed by atoms with van der Waals surface area (Å²) >= 11 is 0. The monoisotopic (exact) mass is 331 g/mol. The van der Waals surface area contributed by atoms with Crippen molar-refractivity contribution in [1.82, 2.24) is 14.8 Å². The molecule has 0 aliphatic carbocycles. The predicted molar refractivity (Wildman–Crippen MR) is 87.9 cm³/mol. The lowest BCUT2D eigenvalue weighted by molar-refractivity contribution is -0.103. The summed E-state index contributed by atoms with van der Waals surface area (Å²) < 4.78 is 24.6. The molecule has 1 aromatic carbocycles. The highest BCUT2D eigenvalue weighted by Crippen LogP contribution is 2.25. The third-order valence-electron chi connectivity index (χ3n) is 4.91. The maximum Gasteiger partial charge on any atom is 0.226 e. The van der Waals surface area contributed by atoms with Crippen molar-refractivity contribution in [2.45, 2.75) is 25.1 Å². The van der Waals surface area contributed by atoms with Gasteiger partial charge in [0.25, 0.3) is 0 Å². The van der Waals surface area contributed by atoms with Crippen molar-refractivity contribution in [3.63, 3.8) is 0 Å². The van der Waals surface area contributed by atoms with E-state index in [1.54, 1.807) is 18.4 Å². The van der Waals surface area contributed by atoms with Gasteiger partial charge >= 0.3 is 0 Å². The van der Waals surface area contributed by atoms with E-state index in [-0.39, 0.29) is 5.82 Å². The van der Waals surface area contributed by atoms with Gasteiger partial charge < -0.3 is 14.1 Å².